The van der Waals surface area contributed by atoms with Gasteiger partial charge in [-0.1, -0.05) is 23.8 Å². The third kappa shape index (κ3) is 3.56. The van der Waals surface area contributed by atoms with E-state index in [0.29, 0.717) is 17.1 Å². The Bertz CT molecular complexity index is 1760. The van der Waals surface area contributed by atoms with E-state index >= 15 is 0 Å². The van der Waals surface area contributed by atoms with Crippen molar-refractivity contribution in [1.29, 1.82) is 0 Å². The topological polar surface area (TPSA) is 60.2 Å². The van der Waals surface area contributed by atoms with Crippen molar-refractivity contribution >= 4 is 32.7 Å². The molecule has 6 aromatic rings. The molecule has 3 heterocycles. The van der Waals surface area contributed by atoms with Crippen molar-refractivity contribution in [2.45, 2.75) is 27.7 Å². The Morgan fingerprint density at radius 3 is 2.46 bits per heavy atom. The van der Waals surface area contributed by atoms with Crippen LogP contribution in [0.1, 0.15) is 22.4 Å². The molecule has 0 radical (unpaired) electrons. The van der Waals surface area contributed by atoms with Gasteiger partial charge in [-0.15, -0.1) is 0 Å². The molecule has 5 nitrogen and oxygen atoms in total. The van der Waals surface area contributed by atoms with Crippen molar-refractivity contribution < 1.29 is 9.84 Å². The van der Waals surface area contributed by atoms with Crippen molar-refractivity contribution in [1.82, 2.24) is 14.5 Å². The van der Waals surface area contributed by atoms with Crippen LogP contribution in [0.25, 0.3) is 38.5 Å². The van der Waals surface area contributed by atoms with E-state index in [-0.39, 0.29) is 5.75 Å². The zero-order valence-electron chi connectivity index (χ0n) is 20.1. The van der Waals surface area contributed by atoms with Gasteiger partial charge in [0.15, 0.2) is 0 Å². The molecule has 0 fully saturated rings. The fourth-order valence-corrected chi connectivity index (χ4v) is 4.97. The summed E-state index contributed by atoms with van der Waals surface area (Å²) in [5, 5.41) is 13.5. The second-order valence-electron chi connectivity index (χ2n) is 9.23. The monoisotopic (exact) mass is 459 g/mol. The van der Waals surface area contributed by atoms with Gasteiger partial charge in [-0.25, -0.2) is 9.97 Å². The average Bonchev–Trinajstić information content (AvgIpc) is 3.12. The lowest BCUT2D eigenvalue weighted by atomic mass is 10.1. The Labute approximate surface area is 203 Å². The van der Waals surface area contributed by atoms with Gasteiger partial charge in [0, 0.05) is 34.0 Å². The number of phenols is 1. The summed E-state index contributed by atoms with van der Waals surface area (Å²) in [5.41, 5.74) is 7.13. The van der Waals surface area contributed by atoms with E-state index in [9.17, 15) is 5.11 Å². The SMILES string of the molecule is Cc1cc(C)nc(-n2c3ccc(C)cc3c3c(C)cc(Oc4ccc5cccc(O)c5n4)cc32)c1. The minimum absolute atomic E-state index is 0.135. The van der Waals surface area contributed by atoms with Crippen LogP contribution in [0.3, 0.4) is 0 Å². The summed E-state index contributed by atoms with van der Waals surface area (Å²) >= 11 is 0. The summed E-state index contributed by atoms with van der Waals surface area (Å²) in [6.45, 7) is 8.34. The molecule has 35 heavy (non-hydrogen) atoms. The lowest BCUT2D eigenvalue weighted by Gasteiger charge is -2.11. The second kappa shape index (κ2) is 7.84. The lowest BCUT2D eigenvalue weighted by Crippen LogP contribution is -2.00. The van der Waals surface area contributed by atoms with Crippen LogP contribution in [-0.4, -0.2) is 19.6 Å². The fourth-order valence-electron chi connectivity index (χ4n) is 4.97. The zero-order valence-corrected chi connectivity index (χ0v) is 20.1. The molecule has 0 bridgehead atoms. The van der Waals surface area contributed by atoms with Gasteiger partial charge in [0.2, 0.25) is 5.88 Å². The number of aryl methyl sites for hydroxylation is 4. The lowest BCUT2D eigenvalue weighted by molar-refractivity contribution is 0.460. The molecule has 0 aliphatic carbocycles. The number of hydrogen-bond acceptors (Lipinski definition) is 4. The molecule has 0 amide bonds. The summed E-state index contributed by atoms with van der Waals surface area (Å²) < 4.78 is 8.44. The molecule has 3 aromatic heterocycles. The summed E-state index contributed by atoms with van der Waals surface area (Å²) in [7, 11) is 0. The summed E-state index contributed by atoms with van der Waals surface area (Å²) in [4.78, 5) is 9.41. The standard InChI is InChI=1S/C30H25N3O2/c1-17-8-10-24-23(13-17)29-19(3)15-22(16-25(29)33(24)27-14-18(2)12-20(4)31-27)35-28-11-9-21-6-5-7-26(34)30(21)32-28/h5-16,34H,1-4H3. The number of benzene rings is 3. The van der Waals surface area contributed by atoms with Gasteiger partial charge >= 0.3 is 0 Å². The van der Waals surface area contributed by atoms with E-state index in [1.165, 1.54) is 21.9 Å². The van der Waals surface area contributed by atoms with Gasteiger partial charge in [-0.05, 0) is 81.3 Å². The Morgan fingerprint density at radius 2 is 1.63 bits per heavy atom. The van der Waals surface area contributed by atoms with Crippen LogP contribution in [0.4, 0.5) is 0 Å². The third-order valence-corrected chi connectivity index (χ3v) is 6.40. The van der Waals surface area contributed by atoms with E-state index in [1.807, 2.05) is 37.3 Å². The maximum atomic E-state index is 10.2. The van der Waals surface area contributed by atoms with Gasteiger partial charge < -0.3 is 9.84 Å². The zero-order chi connectivity index (χ0) is 24.3. The molecule has 0 unspecified atom stereocenters. The molecule has 0 atom stereocenters. The molecular weight excluding hydrogens is 434 g/mol. The van der Waals surface area contributed by atoms with E-state index in [1.54, 1.807) is 12.1 Å². The number of nitrogens with zero attached hydrogens (tertiary/aromatic N) is 3. The van der Waals surface area contributed by atoms with Crippen LogP contribution in [0.2, 0.25) is 0 Å². The smallest absolute Gasteiger partial charge is 0.219 e. The minimum Gasteiger partial charge on any atom is -0.506 e. The van der Waals surface area contributed by atoms with Crippen molar-refractivity contribution in [3.8, 4) is 23.2 Å². The maximum absolute atomic E-state index is 10.2. The number of ether oxygens (including phenoxy) is 1. The number of hydrogen-bond donors (Lipinski definition) is 1. The predicted octanol–water partition coefficient (Wildman–Crippen LogP) is 7.46. The number of para-hydroxylation sites is 1. The van der Waals surface area contributed by atoms with E-state index < -0.39 is 0 Å². The number of fused-ring (bicyclic) bond motifs is 4. The second-order valence-corrected chi connectivity index (χ2v) is 9.23. The van der Waals surface area contributed by atoms with Crippen LogP contribution in [0, 0.1) is 27.7 Å². The quantitative estimate of drug-likeness (QED) is 0.298. The highest BCUT2D eigenvalue weighted by molar-refractivity contribution is 6.11. The molecule has 0 aliphatic heterocycles. The molecule has 0 saturated heterocycles. The Balaban J connectivity index is 1.58. The van der Waals surface area contributed by atoms with Gasteiger partial charge in [0.1, 0.15) is 22.8 Å². The number of aromatic hydroxyl groups is 1. The molecule has 6 rings (SSSR count). The molecular formula is C30H25N3O2. The molecule has 0 aliphatic rings. The number of pyridine rings is 2. The first-order valence-corrected chi connectivity index (χ1v) is 11.6. The van der Waals surface area contributed by atoms with Crippen molar-refractivity contribution in [2.75, 3.05) is 0 Å². The number of aromatic nitrogens is 3. The van der Waals surface area contributed by atoms with E-state index in [2.05, 4.69) is 60.7 Å². The first-order valence-electron chi connectivity index (χ1n) is 11.6. The van der Waals surface area contributed by atoms with Crippen molar-refractivity contribution in [3.05, 3.63) is 95.2 Å². The Hall–Kier alpha value is -4.38. The van der Waals surface area contributed by atoms with Crippen LogP contribution in [0.5, 0.6) is 17.4 Å². The first kappa shape index (κ1) is 21.2. The van der Waals surface area contributed by atoms with Gasteiger partial charge in [-0.3, -0.25) is 4.57 Å². The molecule has 172 valence electrons. The summed E-state index contributed by atoms with van der Waals surface area (Å²) in [6.07, 6.45) is 0. The number of phenolic OH excluding ortho intramolecular Hbond substituents is 1. The Morgan fingerprint density at radius 1 is 0.771 bits per heavy atom. The highest BCUT2D eigenvalue weighted by Crippen LogP contribution is 2.38. The van der Waals surface area contributed by atoms with Gasteiger partial charge in [0.25, 0.3) is 0 Å². The van der Waals surface area contributed by atoms with E-state index in [4.69, 9.17) is 9.72 Å². The highest BCUT2D eigenvalue weighted by atomic mass is 16.5. The normalized spacial score (nSPS) is 11.5. The van der Waals surface area contributed by atoms with E-state index in [0.717, 1.165) is 33.5 Å². The summed E-state index contributed by atoms with van der Waals surface area (Å²) in [6, 6.07) is 23.9. The molecule has 1 N–H and O–H groups in total. The minimum atomic E-state index is 0.135. The first-order chi connectivity index (χ1) is 16.9. The molecule has 3 aromatic carbocycles. The Kier molecular flexibility index (Phi) is 4.74. The molecule has 0 spiro atoms. The molecule has 5 heteroatoms. The number of rotatable bonds is 3. The van der Waals surface area contributed by atoms with Crippen molar-refractivity contribution in [2.24, 2.45) is 0 Å². The summed E-state index contributed by atoms with van der Waals surface area (Å²) in [5.74, 6) is 2.14. The largest absolute Gasteiger partial charge is 0.506 e. The maximum Gasteiger partial charge on any atom is 0.219 e. The predicted molar refractivity (Wildman–Crippen MR) is 141 cm³/mol. The van der Waals surface area contributed by atoms with Crippen molar-refractivity contribution in [3.63, 3.8) is 0 Å². The molecule has 0 saturated carbocycles. The fraction of sp³-hybridized carbons (Fsp3) is 0.133. The van der Waals surface area contributed by atoms with Gasteiger partial charge in [0.05, 0.1) is 11.0 Å². The third-order valence-electron chi connectivity index (χ3n) is 6.40. The highest BCUT2D eigenvalue weighted by Gasteiger charge is 2.17. The van der Waals surface area contributed by atoms with Crippen LogP contribution in [0.15, 0.2) is 72.8 Å². The van der Waals surface area contributed by atoms with Gasteiger partial charge in [-0.2, -0.15) is 0 Å². The van der Waals surface area contributed by atoms with Crippen LogP contribution < -0.4 is 4.74 Å². The van der Waals surface area contributed by atoms with Crippen LogP contribution >= 0.6 is 0 Å². The van der Waals surface area contributed by atoms with Crippen LogP contribution in [-0.2, 0) is 0 Å². The average molecular weight is 460 g/mol.